The van der Waals surface area contributed by atoms with E-state index in [1.165, 1.54) is 43.4 Å². The van der Waals surface area contributed by atoms with Crippen LogP contribution < -0.4 is 5.32 Å². The van der Waals surface area contributed by atoms with Crippen molar-refractivity contribution in [2.45, 2.75) is 59.3 Å². The van der Waals surface area contributed by atoms with Gasteiger partial charge in [-0.15, -0.1) is 0 Å². The number of fused-ring (bicyclic) bond motifs is 1. The van der Waals surface area contributed by atoms with Gasteiger partial charge in [-0.3, -0.25) is 0 Å². The van der Waals surface area contributed by atoms with E-state index in [1.807, 2.05) is 13.8 Å². The normalized spacial score (nSPS) is 13.1. The van der Waals surface area contributed by atoms with Crippen LogP contribution in [0.1, 0.15) is 59.1 Å². The average Bonchev–Trinajstić information content (AvgIpc) is 2.41. The standard InChI is InChI=1S/C13H20N2.C2H6.H2/c1-2-3-4-7-12-9-8-11-6-5-10-14-13(11)15-12;1-2;/h8-9H,2-7,10H2,1H3,(H,14,15);1-2H3;1H. The predicted octanol–water partition coefficient (Wildman–Crippen LogP) is 4.44. The van der Waals surface area contributed by atoms with Crippen LogP contribution in [0.25, 0.3) is 0 Å². The number of unbranched alkanes of at least 4 members (excludes halogenated alkanes) is 2. The lowest BCUT2D eigenvalue weighted by molar-refractivity contribution is 0.705. The topological polar surface area (TPSA) is 24.9 Å². The minimum Gasteiger partial charge on any atom is -0.370 e. The molecule has 0 spiro atoms. The Kier molecular flexibility index (Phi) is 6.68. The minimum atomic E-state index is 0. The lowest BCUT2D eigenvalue weighted by Gasteiger charge is -2.17. The third-order valence-corrected chi connectivity index (χ3v) is 2.99. The fourth-order valence-corrected chi connectivity index (χ4v) is 2.06. The van der Waals surface area contributed by atoms with Gasteiger partial charge in [0, 0.05) is 13.7 Å². The Morgan fingerprint density at radius 3 is 2.88 bits per heavy atom. The van der Waals surface area contributed by atoms with Crippen LogP contribution in [-0.4, -0.2) is 11.5 Å². The second kappa shape index (κ2) is 8.10. The molecule has 0 aromatic carbocycles. The molecule has 1 aromatic rings. The Morgan fingerprint density at radius 1 is 1.29 bits per heavy atom. The maximum absolute atomic E-state index is 4.67. The van der Waals surface area contributed by atoms with Crippen LogP contribution in [0, 0.1) is 0 Å². The van der Waals surface area contributed by atoms with Gasteiger partial charge in [0.05, 0.1) is 0 Å². The number of nitrogens with one attached hydrogen (secondary N) is 1. The quantitative estimate of drug-likeness (QED) is 0.781. The monoisotopic (exact) mass is 236 g/mol. The molecule has 1 aliphatic rings. The molecular weight excluding hydrogens is 208 g/mol. The molecule has 2 heterocycles. The van der Waals surface area contributed by atoms with Crippen LogP contribution in [0.3, 0.4) is 0 Å². The van der Waals surface area contributed by atoms with E-state index in [4.69, 9.17) is 0 Å². The van der Waals surface area contributed by atoms with Crippen molar-refractivity contribution in [1.29, 1.82) is 0 Å². The van der Waals surface area contributed by atoms with E-state index in [2.05, 4.69) is 29.4 Å². The number of hydrogen-bond acceptors (Lipinski definition) is 2. The molecule has 2 heteroatoms. The van der Waals surface area contributed by atoms with E-state index in [-0.39, 0.29) is 1.43 Å². The van der Waals surface area contributed by atoms with Crippen molar-refractivity contribution in [3.8, 4) is 0 Å². The van der Waals surface area contributed by atoms with Crippen molar-refractivity contribution >= 4 is 5.82 Å². The van der Waals surface area contributed by atoms with Crippen molar-refractivity contribution < 1.29 is 1.43 Å². The van der Waals surface area contributed by atoms with Gasteiger partial charge >= 0.3 is 0 Å². The third-order valence-electron chi connectivity index (χ3n) is 2.99. The van der Waals surface area contributed by atoms with E-state index in [0.717, 1.165) is 18.8 Å². The molecule has 0 bridgehead atoms. The van der Waals surface area contributed by atoms with E-state index < -0.39 is 0 Å². The van der Waals surface area contributed by atoms with Crippen molar-refractivity contribution in [2.75, 3.05) is 11.9 Å². The molecule has 0 atom stereocenters. The molecule has 1 N–H and O–H groups in total. The number of pyridine rings is 1. The van der Waals surface area contributed by atoms with Gasteiger partial charge in [0.15, 0.2) is 0 Å². The van der Waals surface area contributed by atoms with Gasteiger partial charge in [0.2, 0.25) is 0 Å². The van der Waals surface area contributed by atoms with Crippen LogP contribution in [0.2, 0.25) is 0 Å². The van der Waals surface area contributed by atoms with Gasteiger partial charge in [0.25, 0.3) is 0 Å². The summed E-state index contributed by atoms with van der Waals surface area (Å²) in [5.74, 6) is 1.13. The maximum atomic E-state index is 4.67. The number of aryl methyl sites for hydroxylation is 2. The molecule has 17 heavy (non-hydrogen) atoms. The maximum Gasteiger partial charge on any atom is 0.129 e. The van der Waals surface area contributed by atoms with Gasteiger partial charge in [-0.1, -0.05) is 39.7 Å². The highest BCUT2D eigenvalue weighted by Gasteiger charge is 2.09. The number of aromatic nitrogens is 1. The lowest BCUT2D eigenvalue weighted by Crippen LogP contribution is -2.13. The second-order valence-corrected chi connectivity index (χ2v) is 4.30. The molecule has 0 aliphatic carbocycles. The summed E-state index contributed by atoms with van der Waals surface area (Å²) in [4.78, 5) is 4.67. The molecule has 0 fully saturated rings. The van der Waals surface area contributed by atoms with Gasteiger partial charge in [-0.05, 0) is 37.3 Å². The summed E-state index contributed by atoms with van der Waals surface area (Å²) in [7, 11) is 0. The van der Waals surface area contributed by atoms with E-state index in [9.17, 15) is 0 Å². The van der Waals surface area contributed by atoms with E-state index in [0.29, 0.717) is 0 Å². The van der Waals surface area contributed by atoms with Crippen LogP contribution in [0.15, 0.2) is 12.1 Å². The molecule has 0 saturated heterocycles. The van der Waals surface area contributed by atoms with Crippen LogP contribution >= 0.6 is 0 Å². The first-order valence-corrected chi connectivity index (χ1v) is 7.13. The number of hydrogen-bond donors (Lipinski definition) is 1. The zero-order chi connectivity index (χ0) is 12.5. The first-order chi connectivity index (χ1) is 8.40. The SMILES string of the molecule is CC.CCCCCc1ccc2c(n1)NCCC2.[HH]. The first-order valence-electron chi connectivity index (χ1n) is 7.13. The molecule has 0 radical (unpaired) electrons. The molecule has 1 aromatic heterocycles. The fourth-order valence-electron chi connectivity index (χ4n) is 2.06. The van der Waals surface area contributed by atoms with Crippen LogP contribution in [-0.2, 0) is 12.8 Å². The van der Waals surface area contributed by atoms with Crippen molar-refractivity contribution in [1.82, 2.24) is 4.98 Å². The molecule has 98 valence electrons. The summed E-state index contributed by atoms with van der Waals surface area (Å²) >= 11 is 0. The molecule has 1 aliphatic heterocycles. The first kappa shape index (κ1) is 14.0. The highest BCUT2D eigenvalue weighted by Crippen LogP contribution is 2.20. The van der Waals surface area contributed by atoms with Gasteiger partial charge in [0.1, 0.15) is 5.82 Å². The highest BCUT2D eigenvalue weighted by molar-refractivity contribution is 5.46. The molecule has 0 saturated carbocycles. The van der Waals surface area contributed by atoms with Crippen molar-refractivity contribution in [2.24, 2.45) is 0 Å². The number of anilines is 1. The molecular formula is C15H28N2. The lowest BCUT2D eigenvalue weighted by atomic mass is 10.1. The highest BCUT2D eigenvalue weighted by atomic mass is 15.0. The summed E-state index contributed by atoms with van der Waals surface area (Å²) < 4.78 is 0. The molecule has 0 amide bonds. The summed E-state index contributed by atoms with van der Waals surface area (Å²) in [6.45, 7) is 7.32. The molecule has 2 nitrogen and oxygen atoms in total. The Morgan fingerprint density at radius 2 is 2.12 bits per heavy atom. The largest absolute Gasteiger partial charge is 0.370 e. The van der Waals surface area contributed by atoms with Gasteiger partial charge < -0.3 is 5.32 Å². The van der Waals surface area contributed by atoms with Crippen LogP contribution in [0.4, 0.5) is 5.82 Å². The van der Waals surface area contributed by atoms with E-state index >= 15 is 0 Å². The third kappa shape index (κ3) is 4.37. The Labute approximate surface area is 107 Å². The second-order valence-electron chi connectivity index (χ2n) is 4.30. The molecule has 0 unspecified atom stereocenters. The Hall–Kier alpha value is -1.05. The average molecular weight is 236 g/mol. The zero-order valence-electron chi connectivity index (χ0n) is 11.6. The van der Waals surface area contributed by atoms with Gasteiger partial charge in [-0.2, -0.15) is 0 Å². The van der Waals surface area contributed by atoms with Crippen molar-refractivity contribution in [3.05, 3.63) is 23.4 Å². The predicted molar refractivity (Wildman–Crippen MR) is 77.7 cm³/mol. The Bertz CT molecular complexity index is 326. The zero-order valence-corrected chi connectivity index (χ0v) is 11.6. The minimum absolute atomic E-state index is 0. The summed E-state index contributed by atoms with van der Waals surface area (Å²) in [5.41, 5.74) is 2.64. The summed E-state index contributed by atoms with van der Waals surface area (Å²) in [6, 6.07) is 4.44. The van der Waals surface area contributed by atoms with Gasteiger partial charge in [-0.25, -0.2) is 4.98 Å². The van der Waals surface area contributed by atoms with Crippen molar-refractivity contribution in [3.63, 3.8) is 0 Å². The summed E-state index contributed by atoms with van der Waals surface area (Å²) in [6.07, 6.45) is 7.41. The smallest absolute Gasteiger partial charge is 0.129 e. The fraction of sp³-hybridized carbons (Fsp3) is 0.667. The number of rotatable bonds is 4. The molecule has 2 rings (SSSR count). The van der Waals surface area contributed by atoms with E-state index in [1.54, 1.807) is 0 Å². The Balaban J connectivity index is 0.000000917. The summed E-state index contributed by atoms with van der Waals surface area (Å²) in [5, 5.41) is 3.38. The number of nitrogens with zero attached hydrogens (tertiary/aromatic N) is 1. The van der Waals surface area contributed by atoms with Crippen LogP contribution in [0.5, 0.6) is 0 Å².